The molecule has 2 N–H and O–H groups in total. The van der Waals surface area contributed by atoms with Gasteiger partial charge in [-0.3, -0.25) is 9.59 Å². The van der Waals surface area contributed by atoms with E-state index in [0.717, 1.165) is 16.5 Å². The number of nitrogens with zero attached hydrogens (tertiary/aromatic N) is 1. The lowest BCUT2D eigenvalue weighted by atomic mass is 9.79. The summed E-state index contributed by atoms with van der Waals surface area (Å²) in [6, 6.07) is 19.8. The van der Waals surface area contributed by atoms with Crippen molar-refractivity contribution in [3.63, 3.8) is 0 Å². The summed E-state index contributed by atoms with van der Waals surface area (Å²) in [5.41, 5.74) is 3.63. The fraction of sp³-hybridized carbons (Fsp3) is 0.154. The van der Waals surface area contributed by atoms with Gasteiger partial charge in [0.25, 0.3) is 5.91 Å². The van der Waals surface area contributed by atoms with Crippen LogP contribution in [0.5, 0.6) is 5.75 Å². The predicted octanol–water partition coefficient (Wildman–Crippen LogP) is 5.38. The first-order valence-corrected chi connectivity index (χ1v) is 10.9. The van der Waals surface area contributed by atoms with Gasteiger partial charge in [0.1, 0.15) is 5.75 Å². The van der Waals surface area contributed by atoms with E-state index in [4.69, 9.17) is 16.3 Å². The highest BCUT2D eigenvalue weighted by atomic mass is 35.5. The van der Waals surface area contributed by atoms with E-state index < -0.39 is 12.0 Å². The van der Waals surface area contributed by atoms with Gasteiger partial charge in [0.15, 0.2) is 0 Å². The molecule has 0 saturated heterocycles. The summed E-state index contributed by atoms with van der Waals surface area (Å²) in [6.07, 6.45) is 1.89. The van der Waals surface area contributed by atoms with Gasteiger partial charge in [-0.05, 0) is 35.9 Å². The van der Waals surface area contributed by atoms with E-state index in [0.29, 0.717) is 27.6 Å². The van der Waals surface area contributed by atoms with Gasteiger partial charge in [-0.1, -0.05) is 48.0 Å². The molecule has 0 spiro atoms. The molecule has 6 nitrogen and oxygen atoms in total. The number of aromatic amines is 1. The third kappa shape index (κ3) is 3.52. The highest BCUT2D eigenvalue weighted by Gasteiger charge is 2.43. The van der Waals surface area contributed by atoms with Gasteiger partial charge in [-0.2, -0.15) is 0 Å². The molecule has 2 atom stereocenters. The number of rotatable bonds is 4. The molecule has 0 unspecified atom stereocenters. The number of aromatic nitrogens is 1. The van der Waals surface area contributed by atoms with Crippen molar-refractivity contribution in [3.05, 3.63) is 94.6 Å². The number of nitrogens with one attached hydrogen (secondary N) is 2. The standard InChI is InChI=1S/C26H22ClN3O3/c1-30-24(19-14-28-21-10-6-5-7-16(19)21)23(17-8-3-4-9-18(17)26(30)32)25(31)29-15-11-12-22(33-2)20(27)13-15/h3-14,23-24,28H,1-2H3,(H,29,31)/t23-,24+/m1/s1. The normalized spacial score (nSPS) is 17.7. The van der Waals surface area contributed by atoms with Crippen molar-refractivity contribution < 1.29 is 14.3 Å². The molecule has 2 heterocycles. The first-order chi connectivity index (χ1) is 16.0. The smallest absolute Gasteiger partial charge is 0.254 e. The summed E-state index contributed by atoms with van der Waals surface area (Å²) < 4.78 is 5.21. The van der Waals surface area contributed by atoms with Gasteiger partial charge >= 0.3 is 0 Å². The number of amides is 2. The van der Waals surface area contributed by atoms with Crippen molar-refractivity contribution in [2.24, 2.45) is 0 Å². The highest BCUT2D eigenvalue weighted by molar-refractivity contribution is 6.32. The monoisotopic (exact) mass is 459 g/mol. The topological polar surface area (TPSA) is 74.4 Å². The van der Waals surface area contributed by atoms with E-state index in [1.165, 1.54) is 7.11 Å². The van der Waals surface area contributed by atoms with Crippen LogP contribution in [0.2, 0.25) is 5.02 Å². The number of carbonyl (C=O) groups excluding carboxylic acids is 2. The second-order valence-corrected chi connectivity index (χ2v) is 8.46. The summed E-state index contributed by atoms with van der Waals surface area (Å²) in [5, 5.41) is 4.37. The van der Waals surface area contributed by atoms with Gasteiger partial charge in [0, 0.05) is 41.0 Å². The van der Waals surface area contributed by atoms with Crippen LogP contribution in [0.1, 0.15) is 33.4 Å². The molecule has 2 amide bonds. The molecule has 3 aromatic carbocycles. The van der Waals surface area contributed by atoms with Crippen LogP contribution in [-0.2, 0) is 4.79 Å². The number of carbonyl (C=O) groups is 2. The van der Waals surface area contributed by atoms with E-state index in [1.807, 2.05) is 48.7 Å². The van der Waals surface area contributed by atoms with E-state index in [9.17, 15) is 9.59 Å². The van der Waals surface area contributed by atoms with Crippen LogP contribution in [0.15, 0.2) is 72.9 Å². The van der Waals surface area contributed by atoms with E-state index >= 15 is 0 Å². The minimum absolute atomic E-state index is 0.113. The molecule has 0 fully saturated rings. The number of hydrogen-bond donors (Lipinski definition) is 2. The fourth-order valence-corrected chi connectivity index (χ4v) is 4.91. The molecule has 7 heteroatoms. The largest absolute Gasteiger partial charge is 0.495 e. The molecule has 0 saturated carbocycles. The number of likely N-dealkylation sites (N-methyl/N-ethyl adjacent to an activating group) is 1. The van der Waals surface area contributed by atoms with Crippen LogP contribution in [0, 0.1) is 0 Å². The average molecular weight is 460 g/mol. The number of benzene rings is 3. The van der Waals surface area contributed by atoms with E-state index in [-0.39, 0.29) is 11.8 Å². The molecular weight excluding hydrogens is 438 g/mol. The molecule has 5 rings (SSSR count). The SMILES string of the molecule is COc1ccc(NC(=O)[C@@H]2c3ccccc3C(=O)N(C)[C@H]2c2c[nH]c3ccccc23)cc1Cl. The second-order valence-electron chi connectivity index (χ2n) is 8.05. The lowest BCUT2D eigenvalue weighted by molar-refractivity contribution is -0.119. The van der Waals surface area contributed by atoms with Crippen molar-refractivity contribution in [1.82, 2.24) is 9.88 Å². The van der Waals surface area contributed by atoms with Gasteiger partial charge in [-0.25, -0.2) is 0 Å². The molecule has 1 aliphatic rings. The Bertz CT molecular complexity index is 1380. The molecule has 0 radical (unpaired) electrons. The minimum atomic E-state index is -0.621. The Balaban J connectivity index is 1.62. The lowest BCUT2D eigenvalue weighted by Crippen LogP contribution is -2.44. The van der Waals surface area contributed by atoms with Crippen LogP contribution in [0.25, 0.3) is 10.9 Å². The zero-order valence-electron chi connectivity index (χ0n) is 18.1. The van der Waals surface area contributed by atoms with Crippen molar-refractivity contribution in [3.8, 4) is 5.75 Å². The maximum absolute atomic E-state index is 13.8. The highest BCUT2D eigenvalue weighted by Crippen LogP contribution is 2.44. The predicted molar refractivity (Wildman–Crippen MR) is 129 cm³/mol. The Morgan fingerprint density at radius 1 is 1.06 bits per heavy atom. The molecular formula is C26H22ClN3O3. The first-order valence-electron chi connectivity index (χ1n) is 10.6. The zero-order chi connectivity index (χ0) is 23.1. The molecule has 33 heavy (non-hydrogen) atoms. The number of H-pyrrole nitrogens is 1. The number of ether oxygens (including phenoxy) is 1. The molecule has 0 bridgehead atoms. The van der Waals surface area contributed by atoms with E-state index in [2.05, 4.69) is 10.3 Å². The quantitative estimate of drug-likeness (QED) is 0.430. The number of methoxy groups -OCH3 is 1. The second kappa shape index (κ2) is 8.30. The summed E-state index contributed by atoms with van der Waals surface area (Å²) in [6.45, 7) is 0. The molecule has 0 aliphatic carbocycles. The van der Waals surface area contributed by atoms with E-state index in [1.54, 1.807) is 36.2 Å². The van der Waals surface area contributed by atoms with Gasteiger partial charge < -0.3 is 19.9 Å². The maximum Gasteiger partial charge on any atom is 0.254 e. The minimum Gasteiger partial charge on any atom is -0.495 e. The summed E-state index contributed by atoms with van der Waals surface area (Å²) >= 11 is 6.26. The maximum atomic E-state index is 13.8. The third-order valence-corrected chi connectivity index (χ3v) is 6.52. The van der Waals surface area contributed by atoms with Crippen molar-refractivity contribution >= 4 is 40.0 Å². The molecule has 166 valence electrons. The number of hydrogen-bond acceptors (Lipinski definition) is 3. The third-order valence-electron chi connectivity index (χ3n) is 6.22. The Morgan fingerprint density at radius 2 is 1.82 bits per heavy atom. The van der Waals surface area contributed by atoms with Crippen LogP contribution in [-0.4, -0.2) is 35.9 Å². The van der Waals surface area contributed by atoms with Crippen molar-refractivity contribution in [2.75, 3.05) is 19.5 Å². The molecule has 1 aliphatic heterocycles. The van der Waals surface area contributed by atoms with Crippen LogP contribution in [0.4, 0.5) is 5.69 Å². The van der Waals surface area contributed by atoms with Crippen LogP contribution < -0.4 is 10.1 Å². The molecule has 4 aromatic rings. The Morgan fingerprint density at radius 3 is 2.61 bits per heavy atom. The average Bonchev–Trinajstić information content (AvgIpc) is 3.25. The number of halogens is 1. The van der Waals surface area contributed by atoms with Gasteiger partial charge in [-0.15, -0.1) is 0 Å². The summed E-state index contributed by atoms with van der Waals surface area (Å²) in [4.78, 5) is 31.9. The Hall–Kier alpha value is -3.77. The van der Waals surface area contributed by atoms with Crippen LogP contribution >= 0.6 is 11.6 Å². The lowest BCUT2D eigenvalue weighted by Gasteiger charge is -2.39. The number of anilines is 1. The Labute approximate surface area is 196 Å². The van der Waals surface area contributed by atoms with Gasteiger partial charge in [0.2, 0.25) is 5.91 Å². The summed E-state index contributed by atoms with van der Waals surface area (Å²) in [7, 11) is 3.28. The first kappa shape index (κ1) is 21.1. The molecule has 1 aromatic heterocycles. The van der Waals surface area contributed by atoms with Crippen molar-refractivity contribution in [2.45, 2.75) is 12.0 Å². The Kier molecular flexibility index (Phi) is 5.30. The number of fused-ring (bicyclic) bond motifs is 2. The van der Waals surface area contributed by atoms with Crippen LogP contribution in [0.3, 0.4) is 0 Å². The fourth-order valence-electron chi connectivity index (χ4n) is 4.65. The van der Waals surface area contributed by atoms with Gasteiger partial charge in [0.05, 0.1) is 24.1 Å². The van der Waals surface area contributed by atoms with Crippen molar-refractivity contribution in [1.29, 1.82) is 0 Å². The zero-order valence-corrected chi connectivity index (χ0v) is 18.9. The number of para-hydroxylation sites is 1. The summed E-state index contributed by atoms with van der Waals surface area (Å²) in [5.74, 6) is -0.431.